The van der Waals surface area contributed by atoms with Crippen LogP contribution in [0.2, 0.25) is 5.02 Å². The predicted octanol–water partition coefficient (Wildman–Crippen LogP) is 6.17. The molecule has 0 aliphatic heterocycles. The number of benzene rings is 3. The lowest BCUT2D eigenvalue weighted by molar-refractivity contribution is 1.29. The van der Waals surface area contributed by atoms with Crippen molar-refractivity contribution < 1.29 is 0 Å². The Balaban J connectivity index is 1.90. The molecule has 0 aliphatic rings. The lowest BCUT2D eigenvalue weighted by atomic mass is 10.0. The molecule has 0 saturated carbocycles. The van der Waals surface area contributed by atoms with Gasteiger partial charge in [-0.05, 0) is 18.2 Å². The molecule has 0 bridgehead atoms. The number of rotatable bonds is 2. The fraction of sp³-hybridized carbons (Fsp3) is 0. The second-order valence-corrected chi connectivity index (χ2v) is 6.68. The number of fused-ring (bicyclic) bond motifs is 3. The van der Waals surface area contributed by atoms with Gasteiger partial charge in [0, 0.05) is 22.7 Å². The second kappa shape index (κ2) is 6.45. The SMILES string of the molecule is Clc1ccnc2c1ccc1nc(-c3ccccc3)c(-c3ccccc3)nc12. The third kappa shape index (κ3) is 2.73. The standard InChI is InChI=1S/C23H14ClN3/c24-18-13-14-25-22-17(18)11-12-19-23(22)27-21(16-9-5-2-6-10-16)20(26-19)15-7-3-1-4-8-15/h1-14H. The van der Waals surface area contributed by atoms with Crippen LogP contribution in [0, 0.1) is 0 Å². The summed E-state index contributed by atoms with van der Waals surface area (Å²) in [7, 11) is 0. The van der Waals surface area contributed by atoms with Crippen molar-refractivity contribution in [2.75, 3.05) is 0 Å². The van der Waals surface area contributed by atoms with E-state index in [1.54, 1.807) is 12.3 Å². The van der Waals surface area contributed by atoms with E-state index in [1.165, 1.54) is 0 Å². The van der Waals surface area contributed by atoms with Gasteiger partial charge in [-0.2, -0.15) is 0 Å². The molecule has 0 unspecified atom stereocenters. The predicted molar refractivity (Wildman–Crippen MR) is 111 cm³/mol. The minimum atomic E-state index is 0.664. The Labute approximate surface area is 161 Å². The van der Waals surface area contributed by atoms with Gasteiger partial charge in [-0.1, -0.05) is 72.3 Å². The Morgan fingerprint density at radius 1 is 0.593 bits per heavy atom. The number of nitrogens with zero attached hydrogens (tertiary/aromatic N) is 3. The first-order chi connectivity index (χ1) is 13.3. The van der Waals surface area contributed by atoms with Gasteiger partial charge >= 0.3 is 0 Å². The molecule has 3 nitrogen and oxygen atoms in total. The van der Waals surface area contributed by atoms with Crippen LogP contribution in [0.4, 0.5) is 0 Å². The van der Waals surface area contributed by atoms with Gasteiger partial charge in [-0.3, -0.25) is 4.98 Å². The average molecular weight is 368 g/mol. The monoisotopic (exact) mass is 367 g/mol. The van der Waals surface area contributed by atoms with Gasteiger partial charge < -0.3 is 0 Å². The van der Waals surface area contributed by atoms with Crippen LogP contribution in [-0.4, -0.2) is 15.0 Å². The Kier molecular flexibility index (Phi) is 3.80. The van der Waals surface area contributed by atoms with E-state index in [4.69, 9.17) is 21.6 Å². The van der Waals surface area contributed by atoms with Crippen molar-refractivity contribution in [3.63, 3.8) is 0 Å². The Morgan fingerprint density at radius 2 is 1.22 bits per heavy atom. The summed E-state index contributed by atoms with van der Waals surface area (Å²) in [5.74, 6) is 0. The van der Waals surface area contributed by atoms with Crippen LogP contribution in [-0.2, 0) is 0 Å². The first-order valence-corrected chi connectivity index (χ1v) is 9.05. The lowest BCUT2D eigenvalue weighted by Crippen LogP contribution is -1.97. The fourth-order valence-corrected chi connectivity index (χ4v) is 3.50. The van der Waals surface area contributed by atoms with E-state index in [2.05, 4.69) is 17.1 Å². The van der Waals surface area contributed by atoms with E-state index in [-0.39, 0.29) is 0 Å². The summed E-state index contributed by atoms with van der Waals surface area (Å²) < 4.78 is 0. The number of hydrogen-bond acceptors (Lipinski definition) is 3. The van der Waals surface area contributed by atoms with Crippen molar-refractivity contribution in [3.8, 4) is 22.5 Å². The summed E-state index contributed by atoms with van der Waals surface area (Å²) in [4.78, 5) is 14.5. The minimum absolute atomic E-state index is 0.664. The maximum atomic E-state index is 6.35. The van der Waals surface area contributed by atoms with Crippen molar-refractivity contribution in [2.24, 2.45) is 0 Å². The highest BCUT2D eigenvalue weighted by molar-refractivity contribution is 6.36. The maximum Gasteiger partial charge on any atom is 0.116 e. The zero-order valence-corrected chi connectivity index (χ0v) is 15.1. The third-order valence-electron chi connectivity index (χ3n) is 4.59. The first-order valence-electron chi connectivity index (χ1n) is 8.67. The number of hydrogen-bond donors (Lipinski definition) is 0. The molecule has 2 aromatic heterocycles. The molecule has 0 aliphatic carbocycles. The molecule has 5 aromatic rings. The number of halogens is 1. The van der Waals surface area contributed by atoms with Crippen LogP contribution in [0.15, 0.2) is 85.1 Å². The zero-order chi connectivity index (χ0) is 18.2. The van der Waals surface area contributed by atoms with Crippen molar-refractivity contribution in [1.82, 2.24) is 15.0 Å². The van der Waals surface area contributed by atoms with Gasteiger partial charge in [0.05, 0.1) is 27.4 Å². The van der Waals surface area contributed by atoms with Crippen LogP contribution in [0.25, 0.3) is 44.5 Å². The van der Waals surface area contributed by atoms with Gasteiger partial charge in [0.15, 0.2) is 0 Å². The van der Waals surface area contributed by atoms with E-state index >= 15 is 0 Å². The van der Waals surface area contributed by atoms with Crippen LogP contribution >= 0.6 is 11.6 Å². The van der Waals surface area contributed by atoms with Crippen molar-refractivity contribution in [2.45, 2.75) is 0 Å². The summed E-state index contributed by atoms with van der Waals surface area (Å²) in [5, 5.41) is 1.55. The summed E-state index contributed by atoms with van der Waals surface area (Å²) in [6.07, 6.45) is 1.71. The zero-order valence-electron chi connectivity index (χ0n) is 14.3. The van der Waals surface area contributed by atoms with Gasteiger partial charge in [0.25, 0.3) is 0 Å². The highest BCUT2D eigenvalue weighted by atomic mass is 35.5. The molecule has 0 atom stereocenters. The highest BCUT2D eigenvalue weighted by Gasteiger charge is 2.15. The molecule has 0 saturated heterocycles. The number of pyridine rings is 1. The molecule has 128 valence electrons. The van der Waals surface area contributed by atoms with Crippen LogP contribution in [0.5, 0.6) is 0 Å². The summed E-state index contributed by atoms with van der Waals surface area (Å²) >= 11 is 6.35. The van der Waals surface area contributed by atoms with E-state index in [9.17, 15) is 0 Å². The summed E-state index contributed by atoms with van der Waals surface area (Å²) in [6, 6.07) is 25.9. The molecule has 4 heteroatoms. The molecule has 0 spiro atoms. The van der Waals surface area contributed by atoms with Crippen LogP contribution < -0.4 is 0 Å². The molecule has 0 amide bonds. The summed E-state index contributed by atoms with van der Waals surface area (Å²) in [6.45, 7) is 0. The average Bonchev–Trinajstić information content (AvgIpc) is 2.74. The smallest absolute Gasteiger partial charge is 0.116 e. The van der Waals surface area contributed by atoms with Gasteiger partial charge in [-0.15, -0.1) is 0 Å². The van der Waals surface area contributed by atoms with Crippen molar-refractivity contribution >= 4 is 33.5 Å². The Hall–Kier alpha value is -3.30. The molecular formula is C23H14ClN3. The molecular weight excluding hydrogens is 354 g/mol. The Morgan fingerprint density at radius 3 is 1.89 bits per heavy atom. The molecule has 0 N–H and O–H groups in total. The summed E-state index contributed by atoms with van der Waals surface area (Å²) in [5.41, 5.74) is 6.07. The van der Waals surface area contributed by atoms with E-state index < -0.39 is 0 Å². The topological polar surface area (TPSA) is 38.7 Å². The van der Waals surface area contributed by atoms with E-state index in [1.807, 2.05) is 60.7 Å². The Bertz CT molecular complexity index is 1270. The normalized spacial score (nSPS) is 11.1. The molecule has 27 heavy (non-hydrogen) atoms. The minimum Gasteiger partial charge on any atom is -0.254 e. The van der Waals surface area contributed by atoms with Crippen LogP contribution in [0.3, 0.4) is 0 Å². The molecule has 3 aromatic carbocycles. The second-order valence-electron chi connectivity index (χ2n) is 6.28. The lowest BCUT2D eigenvalue weighted by Gasteiger charge is -2.12. The molecule has 0 radical (unpaired) electrons. The maximum absolute atomic E-state index is 6.35. The molecule has 0 fully saturated rings. The third-order valence-corrected chi connectivity index (χ3v) is 4.92. The highest BCUT2D eigenvalue weighted by Crippen LogP contribution is 2.33. The fourth-order valence-electron chi connectivity index (χ4n) is 3.29. The van der Waals surface area contributed by atoms with Crippen molar-refractivity contribution in [3.05, 3.63) is 90.1 Å². The first kappa shape index (κ1) is 15.9. The number of aromatic nitrogens is 3. The van der Waals surface area contributed by atoms with Gasteiger partial charge in [-0.25, -0.2) is 9.97 Å². The van der Waals surface area contributed by atoms with E-state index in [0.29, 0.717) is 5.02 Å². The van der Waals surface area contributed by atoms with Crippen molar-refractivity contribution in [1.29, 1.82) is 0 Å². The van der Waals surface area contributed by atoms with Crippen LogP contribution in [0.1, 0.15) is 0 Å². The van der Waals surface area contributed by atoms with E-state index in [0.717, 1.165) is 44.5 Å². The quantitative estimate of drug-likeness (QED) is 0.350. The molecule has 5 rings (SSSR count). The van der Waals surface area contributed by atoms with Gasteiger partial charge in [0.1, 0.15) is 5.52 Å². The largest absolute Gasteiger partial charge is 0.254 e. The van der Waals surface area contributed by atoms with Gasteiger partial charge in [0.2, 0.25) is 0 Å². The molecule has 2 heterocycles.